The molecule has 2 aromatic carbocycles. The topological polar surface area (TPSA) is 54.4 Å². The van der Waals surface area contributed by atoms with Crippen LogP contribution in [0.4, 0.5) is 0 Å². The van der Waals surface area contributed by atoms with Gasteiger partial charge in [-0.3, -0.25) is 0 Å². The van der Waals surface area contributed by atoms with Gasteiger partial charge in [0, 0.05) is 0 Å². The molecule has 2 aromatic rings. The first-order valence-electron chi connectivity index (χ1n) is 7.13. The van der Waals surface area contributed by atoms with Gasteiger partial charge < -0.3 is 5.11 Å². The summed E-state index contributed by atoms with van der Waals surface area (Å²) in [5, 5.41) is 10.1. The van der Waals surface area contributed by atoms with E-state index in [-0.39, 0.29) is 11.5 Å². The summed E-state index contributed by atoms with van der Waals surface area (Å²) in [6.45, 7) is 1.95. The Hall–Kier alpha value is -1.91. The minimum atomic E-state index is -3.35. The summed E-state index contributed by atoms with van der Waals surface area (Å²) in [6, 6.07) is 16.8. The number of hydrogen-bond acceptors (Lipinski definition) is 3. The van der Waals surface area contributed by atoms with Crippen LogP contribution in [0, 0.1) is 6.92 Å². The zero-order valence-electron chi connectivity index (χ0n) is 12.5. The van der Waals surface area contributed by atoms with Crippen LogP contribution in [0.3, 0.4) is 0 Å². The Balaban J connectivity index is 1.96. The standard InChI is InChI=1S/C18H20O3S/c1-15-9-11-17(12-10-15)18(19)14-22(20,21)13-5-8-16-6-3-2-4-7-16/h2-12,18-19H,13-14H2,1H3/b8-5+. The summed E-state index contributed by atoms with van der Waals surface area (Å²) in [5.41, 5.74) is 2.66. The van der Waals surface area contributed by atoms with Crippen molar-refractivity contribution in [1.82, 2.24) is 0 Å². The summed E-state index contributed by atoms with van der Waals surface area (Å²) in [4.78, 5) is 0. The van der Waals surface area contributed by atoms with Gasteiger partial charge in [0.15, 0.2) is 9.84 Å². The van der Waals surface area contributed by atoms with Crippen LogP contribution in [-0.4, -0.2) is 25.0 Å². The molecule has 0 amide bonds. The third-order valence-electron chi connectivity index (χ3n) is 3.33. The first-order valence-corrected chi connectivity index (χ1v) is 8.95. The predicted octanol–water partition coefficient (Wildman–Crippen LogP) is 3.16. The molecule has 0 saturated carbocycles. The molecule has 116 valence electrons. The normalized spacial score (nSPS) is 13.4. The molecule has 0 aromatic heterocycles. The van der Waals surface area contributed by atoms with Crippen molar-refractivity contribution in [3.63, 3.8) is 0 Å². The monoisotopic (exact) mass is 316 g/mol. The second kappa shape index (κ2) is 7.38. The molecule has 0 aliphatic carbocycles. The number of rotatable bonds is 6. The number of sulfone groups is 1. The molecule has 22 heavy (non-hydrogen) atoms. The summed E-state index contributed by atoms with van der Waals surface area (Å²) < 4.78 is 24.1. The van der Waals surface area contributed by atoms with Crippen molar-refractivity contribution < 1.29 is 13.5 Å². The van der Waals surface area contributed by atoms with E-state index in [1.165, 1.54) is 0 Å². The maximum atomic E-state index is 12.1. The lowest BCUT2D eigenvalue weighted by molar-refractivity contribution is 0.202. The quantitative estimate of drug-likeness (QED) is 0.890. The first-order chi connectivity index (χ1) is 10.5. The molecule has 0 spiro atoms. The molecule has 0 fully saturated rings. The number of benzene rings is 2. The van der Waals surface area contributed by atoms with E-state index in [1.807, 2.05) is 49.4 Å². The van der Waals surface area contributed by atoms with Crippen LogP contribution in [0.2, 0.25) is 0 Å². The molecule has 3 nitrogen and oxygen atoms in total. The Kier molecular flexibility index (Phi) is 5.52. The highest BCUT2D eigenvalue weighted by Gasteiger charge is 2.17. The average molecular weight is 316 g/mol. The van der Waals surface area contributed by atoms with Crippen LogP contribution < -0.4 is 0 Å². The minimum Gasteiger partial charge on any atom is -0.387 e. The van der Waals surface area contributed by atoms with Crippen molar-refractivity contribution in [2.45, 2.75) is 13.0 Å². The number of hydrogen-bond donors (Lipinski definition) is 1. The van der Waals surface area contributed by atoms with Crippen molar-refractivity contribution in [2.75, 3.05) is 11.5 Å². The van der Waals surface area contributed by atoms with Gasteiger partial charge >= 0.3 is 0 Å². The number of aliphatic hydroxyl groups is 1. The second-order valence-corrected chi connectivity index (χ2v) is 7.47. The Morgan fingerprint density at radius 2 is 1.68 bits per heavy atom. The van der Waals surface area contributed by atoms with Crippen molar-refractivity contribution in [3.05, 3.63) is 77.4 Å². The highest BCUT2D eigenvalue weighted by molar-refractivity contribution is 7.91. The molecule has 4 heteroatoms. The Labute approximate surface area is 131 Å². The van der Waals surface area contributed by atoms with Gasteiger partial charge in [-0.1, -0.05) is 72.3 Å². The average Bonchev–Trinajstić information content (AvgIpc) is 2.48. The summed E-state index contributed by atoms with van der Waals surface area (Å²) in [6.07, 6.45) is 2.40. The van der Waals surface area contributed by atoms with Gasteiger partial charge in [-0.2, -0.15) is 0 Å². The van der Waals surface area contributed by atoms with E-state index in [2.05, 4.69) is 0 Å². The van der Waals surface area contributed by atoms with Crippen LogP contribution in [0.25, 0.3) is 6.08 Å². The van der Waals surface area contributed by atoms with Crippen LogP contribution in [0.5, 0.6) is 0 Å². The zero-order chi connectivity index (χ0) is 16.0. The number of aryl methyl sites for hydroxylation is 1. The fourth-order valence-electron chi connectivity index (χ4n) is 2.09. The van der Waals surface area contributed by atoms with Crippen LogP contribution >= 0.6 is 0 Å². The van der Waals surface area contributed by atoms with Gasteiger partial charge in [-0.05, 0) is 18.1 Å². The van der Waals surface area contributed by atoms with Gasteiger partial charge in [0.25, 0.3) is 0 Å². The maximum Gasteiger partial charge on any atom is 0.156 e. The molecule has 0 saturated heterocycles. The molecule has 0 bridgehead atoms. The van der Waals surface area contributed by atoms with Crippen LogP contribution in [0.15, 0.2) is 60.7 Å². The Bertz CT molecular complexity index is 717. The van der Waals surface area contributed by atoms with Crippen molar-refractivity contribution in [2.24, 2.45) is 0 Å². The second-order valence-electron chi connectivity index (χ2n) is 5.32. The fourth-order valence-corrected chi connectivity index (χ4v) is 3.29. The van der Waals surface area contributed by atoms with Gasteiger partial charge in [0.05, 0.1) is 17.6 Å². The molecule has 0 aliphatic heterocycles. The smallest absolute Gasteiger partial charge is 0.156 e. The molecular formula is C18H20O3S. The largest absolute Gasteiger partial charge is 0.387 e. The lowest BCUT2D eigenvalue weighted by atomic mass is 10.1. The van der Waals surface area contributed by atoms with E-state index < -0.39 is 15.9 Å². The van der Waals surface area contributed by atoms with Crippen molar-refractivity contribution >= 4 is 15.9 Å². The maximum absolute atomic E-state index is 12.1. The van der Waals surface area contributed by atoms with Gasteiger partial charge in [0.2, 0.25) is 0 Å². The predicted molar refractivity (Wildman–Crippen MR) is 90.3 cm³/mol. The SMILES string of the molecule is Cc1ccc(C(O)CS(=O)(=O)C/C=C/c2ccccc2)cc1. The van der Waals surface area contributed by atoms with Crippen molar-refractivity contribution in [3.8, 4) is 0 Å². The van der Waals surface area contributed by atoms with Crippen molar-refractivity contribution in [1.29, 1.82) is 0 Å². The molecule has 0 radical (unpaired) electrons. The molecule has 0 heterocycles. The zero-order valence-corrected chi connectivity index (χ0v) is 13.3. The third kappa shape index (κ3) is 5.13. The fraction of sp³-hybridized carbons (Fsp3) is 0.222. The Morgan fingerprint density at radius 3 is 2.32 bits per heavy atom. The number of aliphatic hydroxyl groups excluding tert-OH is 1. The van der Waals surface area contributed by atoms with E-state index in [0.29, 0.717) is 5.56 Å². The summed E-state index contributed by atoms with van der Waals surface area (Å²) >= 11 is 0. The Morgan fingerprint density at radius 1 is 1.05 bits per heavy atom. The summed E-state index contributed by atoms with van der Waals surface area (Å²) in [5.74, 6) is -0.347. The third-order valence-corrected chi connectivity index (χ3v) is 4.86. The van der Waals surface area contributed by atoms with Gasteiger partial charge in [0.1, 0.15) is 0 Å². The van der Waals surface area contributed by atoms with E-state index in [9.17, 15) is 13.5 Å². The van der Waals surface area contributed by atoms with E-state index in [1.54, 1.807) is 24.3 Å². The lowest BCUT2D eigenvalue weighted by Crippen LogP contribution is -2.16. The van der Waals surface area contributed by atoms with Gasteiger partial charge in [-0.15, -0.1) is 0 Å². The van der Waals surface area contributed by atoms with Crippen LogP contribution in [0.1, 0.15) is 22.8 Å². The highest BCUT2D eigenvalue weighted by atomic mass is 32.2. The molecule has 1 unspecified atom stereocenters. The van der Waals surface area contributed by atoms with E-state index >= 15 is 0 Å². The minimum absolute atomic E-state index is 0.0786. The molecule has 2 rings (SSSR count). The summed E-state index contributed by atoms with van der Waals surface area (Å²) in [7, 11) is -3.35. The molecular weight excluding hydrogens is 296 g/mol. The van der Waals surface area contributed by atoms with Crippen LogP contribution in [-0.2, 0) is 9.84 Å². The lowest BCUT2D eigenvalue weighted by Gasteiger charge is -2.11. The first kappa shape index (κ1) is 16.5. The highest BCUT2D eigenvalue weighted by Crippen LogP contribution is 2.16. The van der Waals surface area contributed by atoms with E-state index in [4.69, 9.17) is 0 Å². The molecule has 1 N–H and O–H groups in total. The van der Waals surface area contributed by atoms with E-state index in [0.717, 1.165) is 11.1 Å². The molecule has 0 aliphatic rings. The molecule has 1 atom stereocenters. The van der Waals surface area contributed by atoms with Gasteiger partial charge in [-0.25, -0.2) is 8.42 Å².